The van der Waals surface area contributed by atoms with E-state index in [1.165, 1.54) is 0 Å². The highest BCUT2D eigenvalue weighted by Crippen LogP contribution is 2.24. The maximum absolute atomic E-state index is 10.4. The van der Waals surface area contributed by atoms with Crippen LogP contribution in [0.15, 0.2) is 18.2 Å². The number of anilines is 2. The van der Waals surface area contributed by atoms with Crippen LogP contribution in [0.2, 0.25) is 0 Å². The highest BCUT2D eigenvalue weighted by atomic mass is 32.3. The monoisotopic (exact) mass is 274 g/mol. The fourth-order valence-corrected chi connectivity index (χ4v) is 1.91. The molecule has 0 amide bonds. The number of hydrogen-bond donors (Lipinski definition) is 2. The first-order valence-electron chi connectivity index (χ1n) is 5.56. The molecule has 0 saturated heterocycles. The van der Waals surface area contributed by atoms with E-state index in [0.717, 1.165) is 11.3 Å². The van der Waals surface area contributed by atoms with Crippen LogP contribution < -0.4 is 10.6 Å². The summed E-state index contributed by atoms with van der Waals surface area (Å²) in [6, 6.07) is 5.63. The van der Waals surface area contributed by atoms with Gasteiger partial charge in [0.15, 0.2) is 0 Å². The second kappa shape index (κ2) is 6.03. The number of nitrogens with zero attached hydrogens (tertiary/aromatic N) is 1. The summed E-state index contributed by atoms with van der Waals surface area (Å²) in [6.45, 7) is 4.73. The van der Waals surface area contributed by atoms with Gasteiger partial charge in [-0.3, -0.25) is 4.55 Å². The molecule has 1 aromatic carbocycles. The van der Waals surface area contributed by atoms with Gasteiger partial charge in [-0.2, -0.15) is 8.42 Å². The Bertz CT molecular complexity index is 502. The molecule has 0 saturated carbocycles. The van der Waals surface area contributed by atoms with E-state index in [-0.39, 0.29) is 6.61 Å². The summed E-state index contributed by atoms with van der Waals surface area (Å²) in [5, 5.41) is 0. The lowest BCUT2D eigenvalue weighted by molar-refractivity contribution is 0.274. The lowest BCUT2D eigenvalue weighted by atomic mass is 10.1. The van der Waals surface area contributed by atoms with Crippen LogP contribution in [0.4, 0.5) is 11.4 Å². The molecule has 0 atom stereocenters. The summed E-state index contributed by atoms with van der Waals surface area (Å²) < 4.78 is 33.7. The predicted octanol–water partition coefficient (Wildman–Crippen LogP) is 1.22. The lowest BCUT2D eigenvalue weighted by Gasteiger charge is -2.24. The van der Waals surface area contributed by atoms with Gasteiger partial charge >= 0.3 is 10.4 Å². The van der Waals surface area contributed by atoms with Crippen LogP contribution in [0.1, 0.15) is 12.5 Å². The minimum atomic E-state index is -4.39. The highest BCUT2D eigenvalue weighted by Gasteiger charge is 2.10. The van der Waals surface area contributed by atoms with Crippen LogP contribution in [0.25, 0.3) is 0 Å². The van der Waals surface area contributed by atoms with Gasteiger partial charge in [0.05, 0.1) is 18.0 Å². The molecule has 102 valence electrons. The Labute approximate surface area is 107 Å². The number of benzene rings is 1. The van der Waals surface area contributed by atoms with Crippen molar-refractivity contribution in [2.24, 2.45) is 0 Å². The largest absolute Gasteiger partial charge is 0.397 e. The first-order chi connectivity index (χ1) is 8.33. The molecule has 0 unspecified atom stereocenters. The molecule has 0 bridgehead atoms. The Morgan fingerprint density at radius 1 is 1.44 bits per heavy atom. The molecule has 1 aromatic rings. The topological polar surface area (TPSA) is 92.9 Å². The molecule has 0 heterocycles. The van der Waals surface area contributed by atoms with E-state index in [1.54, 1.807) is 6.07 Å². The maximum atomic E-state index is 10.4. The standard InChI is InChI=1S/C11H18N2O4S/c1-3-13(6-7-17-18(14,15)16)11-8-9(2)4-5-10(11)12/h4-5,8H,3,6-7,12H2,1-2H3,(H,14,15,16). The summed E-state index contributed by atoms with van der Waals surface area (Å²) in [4.78, 5) is 1.88. The number of nitrogen functional groups attached to an aromatic ring is 1. The minimum absolute atomic E-state index is 0.125. The third-order valence-corrected chi connectivity index (χ3v) is 2.97. The van der Waals surface area contributed by atoms with Crippen molar-refractivity contribution in [2.45, 2.75) is 13.8 Å². The molecule has 0 aliphatic carbocycles. The predicted molar refractivity (Wildman–Crippen MR) is 71.0 cm³/mol. The average Bonchev–Trinajstić information content (AvgIpc) is 2.27. The summed E-state index contributed by atoms with van der Waals surface area (Å²) >= 11 is 0. The summed E-state index contributed by atoms with van der Waals surface area (Å²) in [7, 11) is -4.39. The minimum Gasteiger partial charge on any atom is -0.397 e. The number of hydrogen-bond acceptors (Lipinski definition) is 5. The van der Waals surface area contributed by atoms with Crippen molar-refractivity contribution in [3.63, 3.8) is 0 Å². The Morgan fingerprint density at radius 3 is 2.67 bits per heavy atom. The van der Waals surface area contributed by atoms with Crippen molar-refractivity contribution >= 4 is 21.8 Å². The van der Waals surface area contributed by atoms with Gasteiger partial charge in [-0.15, -0.1) is 0 Å². The second-order valence-electron chi connectivity index (χ2n) is 3.89. The molecule has 0 spiro atoms. The van der Waals surface area contributed by atoms with Crippen molar-refractivity contribution in [1.82, 2.24) is 0 Å². The molecule has 0 fully saturated rings. The van der Waals surface area contributed by atoms with Crippen LogP contribution in [0, 0.1) is 6.92 Å². The molecule has 0 aliphatic heterocycles. The zero-order valence-electron chi connectivity index (χ0n) is 10.5. The molecule has 0 radical (unpaired) electrons. The lowest BCUT2D eigenvalue weighted by Crippen LogP contribution is -2.28. The second-order valence-corrected chi connectivity index (χ2v) is 4.98. The normalized spacial score (nSPS) is 11.5. The zero-order valence-corrected chi connectivity index (χ0v) is 11.3. The van der Waals surface area contributed by atoms with Gasteiger partial charge in [0.25, 0.3) is 0 Å². The Hall–Kier alpha value is -1.31. The zero-order chi connectivity index (χ0) is 13.8. The molecule has 3 N–H and O–H groups in total. The molecule has 0 aliphatic rings. The first-order valence-corrected chi connectivity index (χ1v) is 6.93. The quantitative estimate of drug-likeness (QED) is 0.598. The van der Waals surface area contributed by atoms with Gasteiger partial charge in [0.2, 0.25) is 0 Å². The van der Waals surface area contributed by atoms with Crippen molar-refractivity contribution in [1.29, 1.82) is 0 Å². The van der Waals surface area contributed by atoms with Gasteiger partial charge in [-0.1, -0.05) is 6.07 Å². The number of likely N-dealkylation sites (N-methyl/N-ethyl adjacent to an activating group) is 1. The van der Waals surface area contributed by atoms with Gasteiger partial charge < -0.3 is 10.6 Å². The van der Waals surface area contributed by atoms with E-state index in [1.807, 2.05) is 30.9 Å². The summed E-state index contributed by atoms with van der Waals surface area (Å²) in [6.07, 6.45) is 0. The van der Waals surface area contributed by atoms with E-state index in [2.05, 4.69) is 4.18 Å². The van der Waals surface area contributed by atoms with E-state index in [0.29, 0.717) is 18.8 Å². The summed E-state index contributed by atoms with van der Waals surface area (Å²) in [5.74, 6) is 0. The van der Waals surface area contributed by atoms with E-state index < -0.39 is 10.4 Å². The summed E-state index contributed by atoms with van der Waals surface area (Å²) in [5.41, 5.74) is 8.39. The number of nitrogens with two attached hydrogens (primary N) is 1. The van der Waals surface area contributed by atoms with Gasteiger partial charge in [0, 0.05) is 13.1 Å². The highest BCUT2D eigenvalue weighted by molar-refractivity contribution is 7.80. The van der Waals surface area contributed by atoms with Gasteiger partial charge in [-0.05, 0) is 31.5 Å². The molecule has 7 heteroatoms. The first kappa shape index (κ1) is 14.7. The molecule has 18 heavy (non-hydrogen) atoms. The Morgan fingerprint density at radius 2 is 2.11 bits per heavy atom. The van der Waals surface area contributed by atoms with Crippen molar-refractivity contribution in [3.8, 4) is 0 Å². The van der Waals surface area contributed by atoms with Crippen molar-refractivity contribution in [3.05, 3.63) is 23.8 Å². The van der Waals surface area contributed by atoms with Crippen LogP contribution >= 0.6 is 0 Å². The van der Waals surface area contributed by atoms with E-state index >= 15 is 0 Å². The number of aryl methyl sites for hydroxylation is 1. The number of rotatable bonds is 6. The van der Waals surface area contributed by atoms with Crippen molar-refractivity contribution < 1.29 is 17.2 Å². The maximum Gasteiger partial charge on any atom is 0.397 e. The van der Waals surface area contributed by atoms with Crippen LogP contribution in [-0.2, 0) is 14.6 Å². The SMILES string of the molecule is CCN(CCOS(=O)(=O)O)c1cc(C)ccc1N. The van der Waals surface area contributed by atoms with E-state index in [9.17, 15) is 8.42 Å². The Kier molecular flexibility index (Phi) is 4.94. The smallest absolute Gasteiger partial charge is 0.397 e. The van der Waals surface area contributed by atoms with Gasteiger partial charge in [-0.25, -0.2) is 4.18 Å². The fraction of sp³-hybridized carbons (Fsp3) is 0.455. The molecule has 1 rings (SSSR count). The van der Waals surface area contributed by atoms with Crippen LogP contribution in [-0.4, -0.2) is 32.7 Å². The Balaban J connectivity index is 2.74. The fourth-order valence-electron chi connectivity index (χ4n) is 1.63. The molecular weight excluding hydrogens is 256 g/mol. The van der Waals surface area contributed by atoms with Crippen LogP contribution in [0.5, 0.6) is 0 Å². The van der Waals surface area contributed by atoms with E-state index in [4.69, 9.17) is 10.3 Å². The third kappa shape index (κ3) is 4.52. The molecular formula is C11H18N2O4S. The van der Waals surface area contributed by atoms with Crippen molar-refractivity contribution in [2.75, 3.05) is 30.3 Å². The average molecular weight is 274 g/mol. The third-order valence-electron chi connectivity index (χ3n) is 2.50. The van der Waals surface area contributed by atoms with Gasteiger partial charge in [0.1, 0.15) is 0 Å². The molecule has 6 nitrogen and oxygen atoms in total. The molecule has 0 aromatic heterocycles. The van der Waals surface area contributed by atoms with Crippen LogP contribution in [0.3, 0.4) is 0 Å².